The number of benzene rings is 2. The number of hydrogen-bond acceptors (Lipinski definition) is 3. The molecule has 0 saturated heterocycles. The summed E-state index contributed by atoms with van der Waals surface area (Å²) in [5, 5.41) is 13.5. The Morgan fingerprint density at radius 3 is 2.95 bits per heavy atom. The number of nitrogens with one attached hydrogen (secondary N) is 1. The Kier molecular flexibility index (Phi) is 4.39. The Bertz CT molecular complexity index is 626. The molecule has 0 heterocycles. The van der Waals surface area contributed by atoms with Gasteiger partial charge in [0, 0.05) is 10.6 Å². The molecule has 0 aliphatic heterocycles. The van der Waals surface area contributed by atoms with Crippen LogP contribution in [0.1, 0.15) is 36.9 Å². The predicted octanol–water partition coefficient (Wildman–Crippen LogP) is 4.99. The van der Waals surface area contributed by atoms with Crippen LogP contribution in [0.25, 0.3) is 0 Å². The molecule has 21 heavy (non-hydrogen) atoms. The summed E-state index contributed by atoms with van der Waals surface area (Å²) in [5.41, 5.74) is 3.81. The van der Waals surface area contributed by atoms with Gasteiger partial charge in [-0.05, 0) is 60.4 Å². The Labute approximate surface area is 130 Å². The quantitative estimate of drug-likeness (QED) is 0.780. The highest BCUT2D eigenvalue weighted by molar-refractivity contribution is 7.99. The van der Waals surface area contributed by atoms with E-state index in [4.69, 9.17) is 0 Å². The summed E-state index contributed by atoms with van der Waals surface area (Å²) in [6, 6.07) is 14.5. The molecule has 0 spiro atoms. The average Bonchev–Trinajstić information content (AvgIpc) is 2.50. The van der Waals surface area contributed by atoms with Crippen molar-refractivity contribution in [2.75, 3.05) is 11.1 Å². The van der Waals surface area contributed by atoms with E-state index in [0.29, 0.717) is 11.8 Å². The lowest BCUT2D eigenvalue weighted by atomic mass is 9.87. The van der Waals surface area contributed by atoms with E-state index in [1.807, 2.05) is 17.8 Å². The standard InChI is InChI=1S/C18H21NOS/c1-2-21-18-9-4-3-7-17(18)19-16-8-5-6-13-10-11-14(20)12-15(13)16/h3-4,7,9-12,16,19-20H,2,5-6,8H2,1H3. The molecule has 0 saturated carbocycles. The van der Waals surface area contributed by atoms with Crippen LogP contribution in [0, 0.1) is 0 Å². The van der Waals surface area contributed by atoms with Crippen LogP contribution in [-0.2, 0) is 6.42 Å². The van der Waals surface area contributed by atoms with E-state index in [1.165, 1.54) is 28.1 Å². The molecule has 1 aliphatic rings. The Morgan fingerprint density at radius 2 is 2.10 bits per heavy atom. The fourth-order valence-corrected chi connectivity index (χ4v) is 3.76. The van der Waals surface area contributed by atoms with E-state index in [-0.39, 0.29) is 0 Å². The van der Waals surface area contributed by atoms with Gasteiger partial charge in [0.1, 0.15) is 5.75 Å². The van der Waals surface area contributed by atoms with E-state index in [1.54, 1.807) is 6.07 Å². The molecule has 0 bridgehead atoms. The summed E-state index contributed by atoms with van der Waals surface area (Å²) in [5.74, 6) is 1.43. The molecule has 0 radical (unpaired) electrons. The zero-order valence-electron chi connectivity index (χ0n) is 12.3. The van der Waals surface area contributed by atoms with Gasteiger partial charge >= 0.3 is 0 Å². The Hall–Kier alpha value is -1.61. The minimum absolute atomic E-state index is 0.291. The summed E-state index contributed by atoms with van der Waals surface area (Å²) < 4.78 is 0. The van der Waals surface area contributed by atoms with Crippen molar-refractivity contribution in [3.05, 3.63) is 53.6 Å². The van der Waals surface area contributed by atoms with Crippen molar-refractivity contribution in [3.63, 3.8) is 0 Å². The summed E-state index contributed by atoms with van der Waals surface area (Å²) in [4.78, 5) is 1.30. The van der Waals surface area contributed by atoms with Gasteiger partial charge in [-0.15, -0.1) is 11.8 Å². The fourth-order valence-electron chi connectivity index (χ4n) is 2.99. The minimum atomic E-state index is 0.291. The SMILES string of the molecule is CCSc1ccccc1NC1CCCc2ccc(O)cc21. The second-order valence-corrected chi connectivity index (χ2v) is 6.71. The highest BCUT2D eigenvalue weighted by atomic mass is 32.2. The van der Waals surface area contributed by atoms with Crippen LogP contribution in [0.4, 0.5) is 5.69 Å². The maximum atomic E-state index is 9.78. The van der Waals surface area contributed by atoms with Gasteiger partial charge < -0.3 is 10.4 Å². The van der Waals surface area contributed by atoms with Gasteiger partial charge in [-0.25, -0.2) is 0 Å². The third kappa shape index (κ3) is 3.18. The molecule has 0 aromatic heterocycles. The number of para-hydroxylation sites is 1. The zero-order chi connectivity index (χ0) is 14.7. The number of hydrogen-bond donors (Lipinski definition) is 2. The topological polar surface area (TPSA) is 32.3 Å². The lowest BCUT2D eigenvalue weighted by molar-refractivity contribution is 0.471. The van der Waals surface area contributed by atoms with Crippen LogP contribution < -0.4 is 5.32 Å². The van der Waals surface area contributed by atoms with Crippen molar-refractivity contribution in [2.24, 2.45) is 0 Å². The largest absolute Gasteiger partial charge is 0.508 e. The molecule has 3 heteroatoms. The molecule has 1 unspecified atom stereocenters. The lowest BCUT2D eigenvalue weighted by Crippen LogP contribution is -2.17. The zero-order valence-corrected chi connectivity index (χ0v) is 13.1. The number of phenols is 1. The summed E-state index contributed by atoms with van der Waals surface area (Å²) in [6.07, 6.45) is 3.42. The van der Waals surface area contributed by atoms with E-state index in [9.17, 15) is 5.11 Å². The van der Waals surface area contributed by atoms with Crippen molar-refractivity contribution >= 4 is 17.4 Å². The first kappa shape index (κ1) is 14.3. The Balaban J connectivity index is 1.88. The van der Waals surface area contributed by atoms with E-state index < -0.39 is 0 Å². The molecular weight excluding hydrogens is 278 g/mol. The van der Waals surface area contributed by atoms with E-state index >= 15 is 0 Å². The van der Waals surface area contributed by atoms with Gasteiger partial charge in [0.2, 0.25) is 0 Å². The molecule has 1 aliphatic carbocycles. The van der Waals surface area contributed by atoms with Crippen molar-refractivity contribution in [1.29, 1.82) is 0 Å². The monoisotopic (exact) mass is 299 g/mol. The maximum absolute atomic E-state index is 9.78. The van der Waals surface area contributed by atoms with Crippen molar-refractivity contribution in [1.82, 2.24) is 0 Å². The lowest BCUT2D eigenvalue weighted by Gasteiger charge is -2.28. The van der Waals surface area contributed by atoms with Gasteiger partial charge in [0.15, 0.2) is 0 Å². The maximum Gasteiger partial charge on any atom is 0.115 e. The first-order chi connectivity index (χ1) is 10.3. The van der Waals surface area contributed by atoms with E-state index in [2.05, 4.69) is 42.6 Å². The van der Waals surface area contributed by atoms with Crippen molar-refractivity contribution < 1.29 is 5.11 Å². The highest BCUT2D eigenvalue weighted by Gasteiger charge is 2.21. The van der Waals surface area contributed by atoms with Gasteiger partial charge in [-0.2, -0.15) is 0 Å². The minimum Gasteiger partial charge on any atom is -0.508 e. The van der Waals surface area contributed by atoms with E-state index in [0.717, 1.165) is 18.6 Å². The van der Waals surface area contributed by atoms with Gasteiger partial charge in [0.25, 0.3) is 0 Å². The normalized spacial score (nSPS) is 17.3. The number of aromatic hydroxyl groups is 1. The molecule has 0 amide bonds. The molecule has 110 valence electrons. The second kappa shape index (κ2) is 6.44. The summed E-state index contributed by atoms with van der Waals surface area (Å²) in [7, 11) is 0. The van der Waals surface area contributed by atoms with Crippen LogP contribution in [0.5, 0.6) is 5.75 Å². The molecule has 1 atom stereocenters. The van der Waals surface area contributed by atoms with Crippen LogP contribution in [0.3, 0.4) is 0 Å². The Morgan fingerprint density at radius 1 is 1.24 bits per heavy atom. The van der Waals surface area contributed by atoms with Crippen molar-refractivity contribution in [3.8, 4) is 5.75 Å². The number of fused-ring (bicyclic) bond motifs is 1. The molecule has 2 aromatic carbocycles. The molecular formula is C18H21NOS. The number of aryl methyl sites for hydroxylation is 1. The van der Waals surface area contributed by atoms with Crippen LogP contribution in [0.15, 0.2) is 47.4 Å². The fraction of sp³-hybridized carbons (Fsp3) is 0.333. The third-order valence-corrected chi connectivity index (χ3v) is 4.92. The number of rotatable bonds is 4. The van der Waals surface area contributed by atoms with Gasteiger partial charge in [0.05, 0.1) is 6.04 Å². The van der Waals surface area contributed by atoms with Crippen LogP contribution >= 0.6 is 11.8 Å². The molecule has 3 rings (SSSR count). The molecule has 2 nitrogen and oxygen atoms in total. The second-order valence-electron chi connectivity index (χ2n) is 5.40. The molecule has 2 N–H and O–H groups in total. The number of anilines is 1. The number of phenolic OH excluding ortho intramolecular Hbond substituents is 1. The predicted molar refractivity (Wildman–Crippen MR) is 90.2 cm³/mol. The highest BCUT2D eigenvalue weighted by Crippen LogP contribution is 2.36. The third-order valence-electron chi connectivity index (χ3n) is 3.96. The molecule has 0 fully saturated rings. The van der Waals surface area contributed by atoms with Crippen molar-refractivity contribution in [2.45, 2.75) is 37.1 Å². The first-order valence-electron chi connectivity index (χ1n) is 7.58. The van der Waals surface area contributed by atoms with Gasteiger partial charge in [-0.3, -0.25) is 0 Å². The summed E-state index contributed by atoms with van der Waals surface area (Å²) >= 11 is 1.86. The molecule has 2 aromatic rings. The first-order valence-corrected chi connectivity index (χ1v) is 8.56. The van der Waals surface area contributed by atoms with Gasteiger partial charge in [-0.1, -0.05) is 25.1 Å². The smallest absolute Gasteiger partial charge is 0.115 e. The average molecular weight is 299 g/mol. The van der Waals surface area contributed by atoms with Crippen LogP contribution in [0.2, 0.25) is 0 Å². The number of thioether (sulfide) groups is 1. The summed E-state index contributed by atoms with van der Waals surface area (Å²) in [6.45, 7) is 2.18. The van der Waals surface area contributed by atoms with Crippen LogP contribution in [-0.4, -0.2) is 10.9 Å².